The van der Waals surface area contributed by atoms with E-state index in [1.165, 1.54) is 29.2 Å². The number of carbonyl (C=O) groups is 1. The zero-order chi connectivity index (χ0) is 29.3. The highest BCUT2D eigenvalue weighted by molar-refractivity contribution is 5.89. The van der Waals surface area contributed by atoms with Crippen molar-refractivity contribution in [3.63, 3.8) is 0 Å². The van der Waals surface area contributed by atoms with E-state index in [0.29, 0.717) is 12.3 Å². The first-order valence-corrected chi connectivity index (χ1v) is 14.3. The predicted octanol–water partition coefficient (Wildman–Crippen LogP) is 6.81. The highest BCUT2D eigenvalue weighted by Gasteiger charge is 2.41. The summed E-state index contributed by atoms with van der Waals surface area (Å²) in [4.78, 5) is 15.6. The molecular formula is C35H41N3O3. The van der Waals surface area contributed by atoms with E-state index in [-0.39, 0.29) is 11.9 Å². The van der Waals surface area contributed by atoms with Gasteiger partial charge in [0.2, 0.25) is 0 Å². The molecule has 4 aromatic carbocycles. The quantitative estimate of drug-likeness (QED) is 0.194. The second-order valence-corrected chi connectivity index (χ2v) is 11.7. The number of benzene rings is 4. The molecule has 0 amide bonds. The van der Waals surface area contributed by atoms with Crippen molar-refractivity contribution in [2.24, 2.45) is 5.41 Å². The number of nitrogen functional groups attached to an aromatic ring is 1. The lowest BCUT2D eigenvalue weighted by Crippen LogP contribution is -2.34. The van der Waals surface area contributed by atoms with Gasteiger partial charge in [0.25, 0.3) is 0 Å². The summed E-state index contributed by atoms with van der Waals surface area (Å²) in [7, 11) is 3.32. The van der Waals surface area contributed by atoms with Crippen molar-refractivity contribution in [3.05, 3.63) is 100 Å². The van der Waals surface area contributed by atoms with Crippen molar-refractivity contribution in [2.45, 2.75) is 46.7 Å². The third kappa shape index (κ3) is 5.36. The molecule has 0 aliphatic carbocycles. The van der Waals surface area contributed by atoms with Gasteiger partial charge in [-0.05, 0) is 67.0 Å². The van der Waals surface area contributed by atoms with Gasteiger partial charge in [-0.3, -0.25) is 9.69 Å². The molecule has 6 nitrogen and oxygen atoms in total. The fraction of sp³-hybridized carbons (Fsp3) is 0.343. The number of anilines is 2. The van der Waals surface area contributed by atoms with Crippen molar-refractivity contribution >= 4 is 28.1 Å². The Hall–Kier alpha value is -4.03. The monoisotopic (exact) mass is 551 g/mol. The molecule has 3 N–H and O–H groups in total. The van der Waals surface area contributed by atoms with E-state index < -0.39 is 5.41 Å². The average Bonchev–Trinajstić information content (AvgIpc) is 3.18. The first kappa shape index (κ1) is 28.5. The number of carbonyl (C=O) groups excluding carboxylic acids is 1. The predicted molar refractivity (Wildman–Crippen MR) is 168 cm³/mol. The lowest BCUT2D eigenvalue weighted by atomic mass is 9.69. The van der Waals surface area contributed by atoms with E-state index in [1.54, 1.807) is 0 Å². The summed E-state index contributed by atoms with van der Waals surface area (Å²) in [5, 5.41) is 5.53. The van der Waals surface area contributed by atoms with E-state index in [9.17, 15) is 4.79 Å². The summed E-state index contributed by atoms with van der Waals surface area (Å²) < 4.78 is 11.6. The minimum atomic E-state index is -0.823. The SMILES string of the molecule is CNc1ccc(C(c2ccc(C)c(CN3CCOc4c(ccc5ccccc45)C3)c2)C(C)(C)C(=O)OC)c(C)c1N. The summed E-state index contributed by atoms with van der Waals surface area (Å²) in [6.45, 7) is 11.1. The molecule has 6 heteroatoms. The second-order valence-electron chi connectivity index (χ2n) is 11.7. The number of fused-ring (bicyclic) bond motifs is 3. The van der Waals surface area contributed by atoms with E-state index in [1.807, 2.05) is 33.9 Å². The van der Waals surface area contributed by atoms with Crippen LogP contribution < -0.4 is 15.8 Å². The molecule has 0 saturated heterocycles. The molecule has 0 fully saturated rings. The highest BCUT2D eigenvalue weighted by atomic mass is 16.5. The van der Waals surface area contributed by atoms with Gasteiger partial charge in [-0.15, -0.1) is 0 Å². The number of nitrogens with zero attached hydrogens (tertiary/aromatic N) is 1. The van der Waals surface area contributed by atoms with Crippen molar-refractivity contribution in [1.29, 1.82) is 0 Å². The van der Waals surface area contributed by atoms with Gasteiger partial charge in [-0.2, -0.15) is 0 Å². The van der Waals surface area contributed by atoms with Gasteiger partial charge >= 0.3 is 5.97 Å². The Kier molecular flexibility index (Phi) is 7.96. The molecule has 5 rings (SSSR count). The highest BCUT2D eigenvalue weighted by Crippen LogP contribution is 2.45. The number of ether oxygens (including phenoxy) is 2. The van der Waals surface area contributed by atoms with Gasteiger partial charge in [-0.1, -0.05) is 60.7 Å². The van der Waals surface area contributed by atoms with E-state index >= 15 is 0 Å². The van der Waals surface area contributed by atoms with Gasteiger partial charge < -0.3 is 20.5 Å². The Morgan fingerprint density at radius 2 is 1.88 bits per heavy atom. The third-order valence-electron chi connectivity index (χ3n) is 8.68. The van der Waals surface area contributed by atoms with Crippen LogP contribution in [0.3, 0.4) is 0 Å². The number of rotatable bonds is 7. The molecule has 0 saturated carbocycles. The number of aryl methyl sites for hydroxylation is 1. The molecule has 1 heterocycles. The minimum Gasteiger partial charge on any atom is -0.491 e. The first-order chi connectivity index (χ1) is 19.6. The minimum absolute atomic E-state index is 0.248. The average molecular weight is 552 g/mol. The van der Waals surface area contributed by atoms with Crippen molar-refractivity contribution < 1.29 is 14.3 Å². The molecule has 1 aliphatic rings. The maximum atomic E-state index is 13.2. The Balaban J connectivity index is 1.52. The molecular weight excluding hydrogens is 510 g/mol. The van der Waals surface area contributed by atoms with Crippen LogP contribution in [0.5, 0.6) is 5.75 Å². The molecule has 1 atom stereocenters. The molecule has 0 spiro atoms. The number of nitrogens with two attached hydrogens (primary N) is 1. The Labute approximate surface area is 243 Å². The Morgan fingerprint density at radius 3 is 2.63 bits per heavy atom. The van der Waals surface area contributed by atoms with Gasteiger partial charge in [0, 0.05) is 43.5 Å². The summed E-state index contributed by atoms with van der Waals surface area (Å²) in [6, 6.07) is 23.4. The van der Waals surface area contributed by atoms with Gasteiger partial charge in [0.05, 0.1) is 23.9 Å². The smallest absolute Gasteiger partial charge is 0.312 e. The third-order valence-corrected chi connectivity index (χ3v) is 8.68. The standard InChI is InChI=1S/C35H41N3O3/c1-22-11-12-25(31(35(3,4)34(39)40-6)28-15-16-30(37-5)32(36)23(28)2)19-27(22)21-38-17-18-41-33-26(20-38)14-13-24-9-7-8-10-29(24)33/h7-16,19,31,37H,17-18,20-21,36H2,1-6H3. The molecule has 41 heavy (non-hydrogen) atoms. The summed E-state index contributed by atoms with van der Waals surface area (Å²) in [5.74, 6) is 0.491. The summed E-state index contributed by atoms with van der Waals surface area (Å²) in [6.07, 6.45) is 0. The van der Waals surface area contributed by atoms with Gasteiger partial charge in [-0.25, -0.2) is 0 Å². The van der Waals surface area contributed by atoms with Crippen LogP contribution in [0.15, 0.2) is 66.7 Å². The van der Waals surface area contributed by atoms with Crippen LogP contribution in [0.25, 0.3) is 10.8 Å². The van der Waals surface area contributed by atoms with Gasteiger partial charge in [0.15, 0.2) is 0 Å². The lowest BCUT2D eigenvalue weighted by Gasteiger charge is -2.34. The molecule has 0 radical (unpaired) electrons. The van der Waals surface area contributed by atoms with Crippen LogP contribution in [0.2, 0.25) is 0 Å². The summed E-state index contributed by atoms with van der Waals surface area (Å²) in [5.41, 5.74) is 14.0. The Bertz CT molecular complexity index is 1590. The van der Waals surface area contributed by atoms with Crippen LogP contribution in [-0.2, 0) is 22.6 Å². The fourth-order valence-electron chi connectivity index (χ4n) is 6.24. The van der Waals surface area contributed by atoms with E-state index in [2.05, 4.69) is 77.8 Å². The Morgan fingerprint density at radius 1 is 1.10 bits per heavy atom. The zero-order valence-electron chi connectivity index (χ0n) is 25.0. The number of hydrogen-bond donors (Lipinski definition) is 2. The molecule has 4 aromatic rings. The number of nitrogens with one attached hydrogen (secondary N) is 1. The first-order valence-electron chi connectivity index (χ1n) is 14.3. The molecule has 0 aromatic heterocycles. The number of methoxy groups -OCH3 is 1. The number of hydrogen-bond acceptors (Lipinski definition) is 6. The van der Waals surface area contributed by atoms with Crippen LogP contribution in [0.1, 0.15) is 53.1 Å². The molecule has 214 valence electrons. The van der Waals surface area contributed by atoms with Crippen molar-refractivity contribution in [2.75, 3.05) is 38.4 Å². The topological polar surface area (TPSA) is 76.8 Å². The normalized spacial score (nSPS) is 14.6. The molecule has 1 aliphatic heterocycles. The second kappa shape index (κ2) is 11.5. The summed E-state index contributed by atoms with van der Waals surface area (Å²) >= 11 is 0. The largest absolute Gasteiger partial charge is 0.491 e. The number of esters is 1. The van der Waals surface area contributed by atoms with Crippen LogP contribution >= 0.6 is 0 Å². The van der Waals surface area contributed by atoms with Crippen LogP contribution in [0.4, 0.5) is 11.4 Å². The maximum absolute atomic E-state index is 13.2. The maximum Gasteiger partial charge on any atom is 0.312 e. The lowest BCUT2D eigenvalue weighted by molar-refractivity contribution is -0.151. The zero-order valence-corrected chi connectivity index (χ0v) is 25.0. The molecule has 0 bridgehead atoms. The van der Waals surface area contributed by atoms with Crippen molar-refractivity contribution in [1.82, 2.24) is 4.90 Å². The van der Waals surface area contributed by atoms with E-state index in [4.69, 9.17) is 15.2 Å². The van der Waals surface area contributed by atoms with Crippen LogP contribution in [-0.4, -0.2) is 38.2 Å². The molecule has 1 unspecified atom stereocenters. The van der Waals surface area contributed by atoms with Crippen LogP contribution in [0, 0.1) is 19.3 Å². The van der Waals surface area contributed by atoms with Gasteiger partial charge in [0.1, 0.15) is 12.4 Å². The van der Waals surface area contributed by atoms with Crippen molar-refractivity contribution in [3.8, 4) is 5.75 Å². The van der Waals surface area contributed by atoms with E-state index in [0.717, 1.165) is 53.1 Å². The fourth-order valence-corrected chi connectivity index (χ4v) is 6.24.